The first kappa shape index (κ1) is 17.7. The standard InChI is InChI=1S/C15H15F3N2O4S/c16-10-1-2-11(13(18)12(10)17)20-15(22)9-5-8(9)14(21)19-7-3-4-25(23,24)6-7/h1-2,7-9H,3-6H2,(H,19,21)(H,20,22). The fourth-order valence-electron chi connectivity index (χ4n) is 2.84. The summed E-state index contributed by atoms with van der Waals surface area (Å²) in [6.07, 6.45) is 0.556. The largest absolute Gasteiger partial charge is 0.352 e. The van der Waals surface area contributed by atoms with Crippen LogP contribution in [0.1, 0.15) is 12.8 Å². The highest BCUT2D eigenvalue weighted by Gasteiger charge is 2.49. The fraction of sp³-hybridized carbons (Fsp3) is 0.467. The van der Waals surface area contributed by atoms with Gasteiger partial charge in [0.25, 0.3) is 0 Å². The molecule has 2 fully saturated rings. The third kappa shape index (κ3) is 3.78. The van der Waals surface area contributed by atoms with Gasteiger partial charge >= 0.3 is 0 Å². The maximum Gasteiger partial charge on any atom is 0.228 e. The van der Waals surface area contributed by atoms with Gasteiger partial charge in [-0.05, 0) is 25.0 Å². The minimum atomic E-state index is -3.13. The first-order valence-corrected chi connectivity index (χ1v) is 9.45. The number of benzene rings is 1. The average molecular weight is 376 g/mol. The number of sulfone groups is 1. The molecule has 1 heterocycles. The first-order chi connectivity index (χ1) is 11.7. The van der Waals surface area contributed by atoms with Gasteiger partial charge in [-0.2, -0.15) is 0 Å². The summed E-state index contributed by atoms with van der Waals surface area (Å²) < 4.78 is 62.3. The summed E-state index contributed by atoms with van der Waals surface area (Å²) >= 11 is 0. The van der Waals surface area contributed by atoms with E-state index in [-0.39, 0.29) is 17.9 Å². The van der Waals surface area contributed by atoms with Gasteiger partial charge in [0.1, 0.15) is 0 Å². The molecule has 6 nitrogen and oxygen atoms in total. The van der Waals surface area contributed by atoms with Crippen LogP contribution in [0.15, 0.2) is 12.1 Å². The molecule has 0 aromatic heterocycles. The molecule has 2 amide bonds. The van der Waals surface area contributed by atoms with E-state index in [2.05, 4.69) is 10.6 Å². The Morgan fingerprint density at radius 3 is 2.36 bits per heavy atom. The lowest BCUT2D eigenvalue weighted by Crippen LogP contribution is -2.37. The quantitative estimate of drug-likeness (QED) is 0.767. The molecule has 0 radical (unpaired) electrons. The second-order valence-corrected chi connectivity index (χ2v) is 8.50. The number of rotatable bonds is 4. The van der Waals surface area contributed by atoms with E-state index in [1.807, 2.05) is 0 Å². The summed E-state index contributed by atoms with van der Waals surface area (Å²) in [5.41, 5.74) is -0.503. The van der Waals surface area contributed by atoms with E-state index < -0.39 is 62.7 Å². The van der Waals surface area contributed by atoms with Crippen molar-refractivity contribution in [2.45, 2.75) is 18.9 Å². The van der Waals surface area contributed by atoms with Crippen molar-refractivity contribution in [2.24, 2.45) is 11.8 Å². The van der Waals surface area contributed by atoms with Gasteiger partial charge in [-0.25, -0.2) is 21.6 Å². The van der Waals surface area contributed by atoms with Crippen molar-refractivity contribution < 1.29 is 31.2 Å². The zero-order chi connectivity index (χ0) is 18.4. The van der Waals surface area contributed by atoms with E-state index in [1.54, 1.807) is 0 Å². The number of amides is 2. The van der Waals surface area contributed by atoms with Crippen molar-refractivity contribution >= 4 is 27.3 Å². The lowest BCUT2D eigenvalue weighted by molar-refractivity contribution is -0.125. The summed E-state index contributed by atoms with van der Waals surface area (Å²) in [4.78, 5) is 24.0. The van der Waals surface area contributed by atoms with Gasteiger partial charge < -0.3 is 10.6 Å². The molecule has 2 N–H and O–H groups in total. The highest BCUT2D eigenvalue weighted by molar-refractivity contribution is 7.91. The zero-order valence-electron chi connectivity index (χ0n) is 12.9. The smallest absolute Gasteiger partial charge is 0.228 e. The summed E-state index contributed by atoms with van der Waals surface area (Å²) in [7, 11) is -3.13. The van der Waals surface area contributed by atoms with E-state index in [4.69, 9.17) is 0 Å². The number of carbonyl (C=O) groups excluding carboxylic acids is 2. The molecule has 136 valence electrons. The van der Waals surface area contributed by atoms with Crippen LogP contribution < -0.4 is 10.6 Å². The third-order valence-corrected chi connectivity index (χ3v) is 6.10. The molecule has 1 aliphatic heterocycles. The van der Waals surface area contributed by atoms with E-state index >= 15 is 0 Å². The van der Waals surface area contributed by atoms with Crippen molar-refractivity contribution in [3.05, 3.63) is 29.6 Å². The van der Waals surface area contributed by atoms with E-state index in [0.717, 1.165) is 6.07 Å². The van der Waals surface area contributed by atoms with Gasteiger partial charge in [0, 0.05) is 6.04 Å². The van der Waals surface area contributed by atoms with Crippen LogP contribution in [-0.4, -0.2) is 37.8 Å². The molecule has 1 aliphatic carbocycles. The molecule has 10 heteroatoms. The lowest BCUT2D eigenvalue weighted by Gasteiger charge is -2.11. The van der Waals surface area contributed by atoms with Gasteiger partial charge in [0.2, 0.25) is 11.8 Å². The number of carbonyl (C=O) groups is 2. The van der Waals surface area contributed by atoms with Crippen LogP contribution in [0.5, 0.6) is 0 Å². The second kappa shape index (κ2) is 6.32. The number of hydrogen-bond acceptors (Lipinski definition) is 4. The number of anilines is 1. The molecular weight excluding hydrogens is 361 g/mol. The number of hydrogen-bond donors (Lipinski definition) is 2. The Morgan fingerprint density at radius 2 is 1.72 bits per heavy atom. The Bertz CT molecular complexity index is 843. The first-order valence-electron chi connectivity index (χ1n) is 7.63. The normalized spacial score (nSPS) is 26.9. The van der Waals surface area contributed by atoms with Crippen molar-refractivity contribution in [3.8, 4) is 0 Å². The highest BCUT2D eigenvalue weighted by atomic mass is 32.2. The minimum Gasteiger partial charge on any atom is -0.352 e. The Labute approximate surface area is 141 Å². The Balaban J connectivity index is 1.55. The maximum absolute atomic E-state index is 13.5. The highest BCUT2D eigenvalue weighted by Crippen LogP contribution is 2.40. The molecular formula is C15H15F3N2O4S. The number of halogens is 3. The summed E-state index contributed by atoms with van der Waals surface area (Å²) in [5, 5.41) is 4.73. The van der Waals surface area contributed by atoms with Crippen LogP contribution in [0.2, 0.25) is 0 Å². The van der Waals surface area contributed by atoms with Crippen LogP contribution in [0.4, 0.5) is 18.9 Å². The average Bonchev–Trinajstić information content (AvgIpc) is 3.27. The summed E-state index contributed by atoms with van der Waals surface area (Å²) in [6, 6.07) is 1.11. The Kier molecular flexibility index (Phi) is 4.48. The van der Waals surface area contributed by atoms with Gasteiger partial charge in [-0.3, -0.25) is 9.59 Å². The molecule has 0 bridgehead atoms. The van der Waals surface area contributed by atoms with Crippen LogP contribution >= 0.6 is 0 Å². The number of nitrogens with one attached hydrogen (secondary N) is 2. The summed E-state index contributed by atoms with van der Waals surface area (Å²) in [5.74, 6) is -7.15. The van der Waals surface area contributed by atoms with E-state index in [0.29, 0.717) is 12.5 Å². The minimum absolute atomic E-state index is 0.0158. The second-order valence-electron chi connectivity index (χ2n) is 6.27. The molecule has 3 atom stereocenters. The summed E-state index contributed by atoms with van der Waals surface area (Å²) in [6.45, 7) is 0. The molecule has 1 saturated carbocycles. The molecule has 1 saturated heterocycles. The van der Waals surface area contributed by atoms with Crippen molar-refractivity contribution in [2.75, 3.05) is 16.8 Å². The van der Waals surface area contributed by atoms with Gasteiger partial charge in [-0.15, -0.1) is 0 Å². The predicted molar refractivity (Wildman–Crippen MR) is 81.7 cm³/mol. The van der Waals surface area contributed by atoms with Crippen molar-refractivity contribution in [3.63, 3.8) is 0 Å². The molecule has 3 rings (SSSR count). The molecule has 25 heavy (non-hydrogen) atoms. The van der Waals surface area contributed by atoms with Gasteiger partial charge in [0.05, 0.1) is 29.0 Å². The molecule has 1 aromatic carbocycles. The van der Waals surface area contributed by atoms with Gasteiger partial charge in [-0.1, -0.05) is 0 Å². The SMILES string of the molecule is O=C(Nc1ccc(F)c(F)c1F)C1CC1C(=O)NC1CCS(=O)(=O)C1. The van der Waals surface area contributed by atoms with Crippen LogP contribution in [0, 0.1) is 29.3 Å². The van der Waals surface area contributed by atoms with Gasteiger partial charge in [0.15, 0.2) is 27.3 Å². The van der Waals surface area contributed by atoms with Crippen LogP contribution in [0.25, 0.3) is 0 Å². The molecule has 3 unspecified atom stereocenters. The Morgan fingerprint density at radius 1 is 1.04 bits per heavy atom. The van der Waals surface area contributed by atoms with Crippen LogP contribution in [-0.2, 0) is 19.4 Å². The lowest BCUT2D eigenvalue weighted by atomic mass is 10.2. The maximum atomic E-state index is 13.5. The molecule has 1 aromatic rings. The third-order valence-electron chi connectivity index (χ3n) is 4.34. The topological polar surface area (TPSA) is 92.3 Å². The zero-order valence-corrected chi connectivity index (χ0v) is 13.7. The van der Waals surface area contributed by atoms with E-state index in [1.165, 1.54) is 0 Å². The Hall–Kier alpha value is -2.10. The fourth-order valence-corrected chi connectivity index (χ4v) is 4.51. The monoisotopic (exact) mass is 376 g/mol. The van der Waals surface area contributed by atoms with Crippen molar-refractivity contribution in [1.82, 2.24) is 5.32 Å². The predicted octanol–water partition coefficient (Wildman–Crippen LogP) is 0.982. The molecule has 0 spiro atoms. The molecule has 2 aliphatic rings. The van der Waals surface area contributed by atoms with Crippen molar-refractivity contribution in [1.29, 1.82) is 0 Å². The van der Waals surface area contributed by atoms with Crippen LogP contribution in [0.3, 0.4) is 0 Å². The van der Waals surface area contributed by atoms with E-state index in [9.17, 15) is 31.2 Å².